The van der Waals surface area contributed by atoms with Crippen molar-refractivity contribution in [1.29, 1.82) is 0 Å². The first-order chi connectivity index (χ1) is 13.2. The highest BCUT2D eigenvalue weighted by Crippen LogP contribution is 2.29. The topological polar surface area (TPSA) is 48.6 Å². The molecule has 6 heteroatoms. The van der Waals surface area contributed by atoms with Gasteiger partial charge in [-0.1, -0.05) is 29.8 Å². The van der Waals surface area contributed by atoms with Crippen molar-refractivity contribution >= 4 is 34.1 Å². The molecule has 1 fully saturated rings. The van der Waals surface area contributed by atoms with Gasteiger partial charge in [-0.05, 0) is 31.2 Å². The number of piperazine rings is 1. The summed E-state index contributed by atoms with van der Waals surface area (Å²) in [7, 11) is 0. The van der Waals surface area contributed by atoms with Crippen molar-refractivity contribution in [3.8, 4) is 5.75 Å². The number of carbonyl (C=O) groups excluding carboxylic acids is 1. The van der Waals surface area contributed by atoms with Crippen molar-refractivity contribution in [3.63, 3.8) is 0 Å². The lowest BCUT2D eigenvalue weighted by Gasteiger charge is -2.36. The number of aromatic nitrogens is 1. The summed E-state index contributed by atoms with van der Waals surface area (Å²) in [6.45, 7) is 5.55. The van der Waals surface area contributed by atoms with E-state index < -0.39 is 0 Å². The van der Waals surface area contributed by atoms with Crippen molar-refractivity contribution in [2.75, 3.05) is 37.7 Å². The maximum atomic E-state index is 13.0. The summed E-state index contributed by atoms with van der Waals surface area (Å²) in [6.07, 6.45) is 1.78. The van der Waals surface area contributed by atoms with Crippen LogP contribution in [0.2, 0.25) is 5.02 Å². The predicted molar refractivity (Wildman–Crippen MR) is 109 cm³/mol. The minimum atomic E-state index is 0.0568. The third kappa shape index (κ3) is 3.47. The highest BCUT2D eigenvalue weighted by Gasteiger charge is 2.25. The van der Waals surface area contributed by atoms with Crippen LogP contribution in [0.15, 0.2) is 48.7 Å². The molecule has 3 aromatic rings. The van der Waals surface area contributed by atoms with Gasteiger partial charge in [-0.2, -0.15) is 0 Å². The Hall–Kier alpha value is -2.66. The van der Waals surface area contributed by atoms with E-state index in [0.29, 0.717) is 30.3 Å². The number of nitrogens with one attached hydrogen (secondary N) is 1. The van der Waals surface area contributed by atoms with Crippen LogP contribution in [-0.2, 0) is 0 Å². The zero-order valence-corrected chi connectivity index (χ0v) is 16.0. The summed E-state index contributed by atoms with van der Waals surface area (Å²) in [5, 5.41) is 1.57. The lowest BCUT2D eigenvalue weighted by atomic mass is 10.1. The molecule has 140 valence electrons. The summed E-state index contributed by atoms with van der Waals surface area (Å²) < 4.78 is 5.74. The molecule has 0 radical (unpaired) electrons. The molecular formula is C21H22ClN3O2. The summed E-state index contributed by atoms with van der Waals surface area (Å²) >= 11 is 6.03. The number of aromatic amines is 1. The maximum absolute atomic E-state index is 13.0. The number of rotatable bonds is 4. The molecule has 1 amide bonds. The van der Waals surface area contributed by atoms with Crippen LogP contribution < -0.4 is 9.64 Å². The first kappa shape index (κ1) is 17.7. The van der Waals surface area contributed by atoms with E-state index >= 15 is 0 Å². The molecule has 5 nitrogen and oxygen atoms in total. The molecule has 0 unspecified atom stereocenters. The Labute approximate surface area is 163 Å². The fraction of sp³-hybridized carbons (Fsp3) is 0.286. The van der Waals surface area contributed by atoms with Crippen LogP contribution in [0.5, 0.6) is 5.75 Å². The molecule has 2 heterocycles. The molecule has 1 N–H and O–H groups in total. The van der Waals surface area contributed by atoms with E-state index in [1.165, 1.54) is 0 Å². The minimum absolute atomic E-state index is 0.0568. The van der Waals surface area contributed by atoms with E-state index in [4.69, 9.17) is 16.3 Å². The van der Waals surface area contributed by atoms with E-state index in [-0.39, 0.29) is 5.91 Å². The van der Waals surface area contributed by atoms with E-state index in [1.807, 2.05) is 48.2 Å². The summed E-state index contributed by atoms with van der Waals surface area (Å²) in [5.74, 6) is 0.953. The summed E-state index contributed by atoms with van der Waals surface area (Å²) in [4.78, 5) is 20.3. The van der Waals surface area contributed by atoms with Gasteiger partial charge in [0.15, 0.2) is 0 Å². The number of benzene rings is 2. The Bertz CT molecular complexity index is 961. The zero-order valence-electron chi connectivity index (χ0n) is 15.2. The van der Waals surface area contributed by atoms with Crippen molar-refractivity contribution in [2.45, 2.75) is 6.92 Å². The van der Waals surface area contributed by atoms with Crippen LogP contribution in [0, 0.1) is 0 Å². The molecular weight excluding hydrogens is 362 g/mol. The molecule has 0 bridgehead atoms. The lowest BCUT2D eigenvalue weighted by molar-refractivity contribution is 0.0748. The van der Waals surface area contributed by atoms with Crippen molar-refractivity contribution in [3.05, 3.63) is 59.2 Å². The van der Waals surface area contributed by atoms with Gasteiger partial charge in [0.1, 0.15) is 5.75 Å². The van der Waals surface area contributed by atoms with Gasteiger partial charge in [-0.3, -0.25) is 4.79 Å². The third-order valence-corrected chi connectivity index (χ3v) is 5.18. The predicted octanol–water partition coefficient (Wildman–Crippen LogP) is 4.18. The number of hydrogen-bond donors (Lipinski definition) is 1. The molecule has 2 aromatic carbocycles. The van der Waals surface area contributed by atoms with Crippen LogP contribution in [0.4, 0.5) is 5.69 Å². The largest absolute Gasteiger partial charge is 0.492 e. The number of anilines is 1. The average Bonchev–Trinajstić information content (AvgIpc) is 3.11. The number of para-hydroxylation sites is 2. The van der Waals surface area contributed by atoms with E-state index in [1.54, 1.807) is 6.20 Å². The van der Waals surface area contributed by atoms with Crippen LogP contribution in [0.1, 0.15) is 17.3 Å². The van der Waals surface area contributed by atoms with Crippen LogP contribution >= 0.6 is 11.6 Å². The summed E-state index contributed by atoms with van der Waals surface area (Å²) in [6, 6.07) is 13.6. The first-order valence-corrected chi connectivity index (χ1v) is 9.58. The number of halogens is 1. The Kier molecular flexibility index (Phi) is 4.94. The molecule has 1 saturated heterocycles. The number of ether oxygens (including phenoxy) is 1. The monoisotopic (exact) mass is 383 g/mol. The van der Waals surface area contributed by atoms with Gasteiger partial charge in [-0.15, -0.1) is 0 Å². The molecule has 1 aliphatic heterocycles. The molecule has 0 saturated carbocycles. The highest BCUT2D eigenvalue weighted by molar-refractivity contribution is 6.31. The van der Waals surface area contributed by atoms with Gasteiger partial charge in [0.25, 0.3) is 5.91 Å². The van der Waals surface area contributed by atoms with Gasteiger partial charge in [-0.25, -0.2) is 0 Å². The zero-order chi connectivity index (χ0) is 18.8. The fourth-order valence-corrected chi connectivity index (χ4v) is 3.76. The molecule has 1 aliphatic rings. The molecule has 0 aliphatic carbocycles. The smallest absolute Gasteiger partial charge is 0.256 e. The van der Waals surface area contributed by atoms with Gasteiger partial charge < -0.3 is 19.5 Å². The Balaban J connectivity index is 1.48. The standard InChI is InChI=1S/C21H22ClN3O2/c1-2-27-20-6-4-3-5-19(20)24-9-11-25(12-10-24)21(26)17-14-23-18-13-15(22)7-8-16(17)18/h3-8,13-14,23H,2,9-12H2,1H3. The van der Waals surface area contributed by atoms with Gasteiger partial charge in [0.05, 0.1) is 17.9 Å². The lowest BCUT2D eigenvalue weighted by Crippen LogP contribution is -2.48. The number of carbonyl (C=O) groups is 1. The number of amides is 1. The number of nitrogens with zero attached hydrogens (tertiary/aromatic N) is 2. The van der Waals surface area contributed by atoms with Crippen LogP contribution in [0.3, 0.4) is 0 Å². The normalized spacial score (nSPS) is 14.6. The van der Waals surface area contributed by atoms with Crippen LogP contribution in [0.25, 0.3) is 10.9 Å². The Morgan fingerprint density at radius 3 is 2.70 bits per heavy atom. The second-order valence-electron chi connectivity index (χ2n) is 6.57. The van der Waals surface area contributed by atoms with E-state index in [2.05, 4.69) is 16.0 Å². The number of hydrogen-bond acceptors (Lipinski definition) is 3. The summed E-state index contributed by atoms with van der Waals surface area (Å²) in [5.41, 5.74) is 2.67. The number of fused-ring (bicyclic) bond motifs is 1. The van der Waals surface area contributed by atoms with Crippen LogP contribution in [-0.4, -0.2) is 48.6 Å². The molecule has 0 spiro atoms. The molecule has 4 rings (SSSR count). The Morgan fingerprint density at radius 1 is 1.15 bits per heavy atom. The third-order valence-electron chi connectivity index (χ3n) is 4.95. The fourth-order valence-electron chi connectivity index (χ4n) is 3.59. The first-order valence-electron chi connectivity index (χ1n) is 9.20. The van der Waals surface area contributed by atoms with E-state index in [0.717, 1.165) is 35.4 Å². The second-order valence-corrected chi connectivity index (χ2v) is 7.01. The average molecular weight is 384 g/mol. The second kappa shape index (κ2) is 7.53. The molecule has 27 heavy (non-hydrogen) atoms. The van der Waals surface area contributed by atoms with Gasteiger partial charge in [0.2, 0.25) is 0 Å². The van der Waals surface area contributed by atoms with Crippen molar-refractivity contribution in [2.24, 2.45) is 0 Å². The number of H-pyrrole nitrogens is 1. The SMILES string of the molecule is CCOc1ccccc1N1CCN(C(=O)c2c[nH]c3cc(Cl)ccc23)CC1. The van der Waals surface area contributed by atoms with Crippen molar-refractivity contribution < 1.29 is 9.53 Å². The van der Waals surface area contributed by atoms with E-state index in [9.17, 15) is 4.79 Å². The molecule has 0 atom stereocenters. The quantitative estimate of drug-likeness (QED) is 0.735. The minimum Gasteiger partial charge on any atom is -0.492 e. The maximum Gasteiger partial charge on any atom is 0.256 e. The highest BCUT2D eigenvalue weighted by atomic mass is 35.5. The Morgan fingerprint density at radius 2 is 1.93 bits per heavy atom. The van der Waals surface area contributed by atoms with Crippen molar-refractivity contribution in [1.82, 2.24) is 9.88 Å². The van der Waals surface area contributed by atoms with Gasteiger partial charge in [0, 0.05) is 48.3 Å². The van der Waals surface area contributed by atoms with Gasteiger partial charge >= 0.3 is 0 Å². The molecule has 1 aromatic heterocycles.